The zero-order chi connectivity index (χ0) is 20.5. The van der Waals surface area contributed by atoms with Crippen molar-refractivity contribution in [3.05, 3.63) is 48.0 Å². The molecular formula is C21H27N3O4. The molecule has 0 aliphatic heterocycles. The second kappa shape index (κ2) is 10.4. The predicted octanol–water partition coefficient (Wildman–Crippen LogP) is 2.61. The minimum atomic E-state index is -0.780. The van der Waals surface area contributed by atoms with Crippen LogP contribution in [-0.2, 0) is 14.3 Å². The van der Waals surface area contributed by atoms with E-state index in [0.29, 0.717) is 6.54 Å². The first-order valence-electron chi connectivity index (χ1n) is 9.40. The SMILES string of the molecule is CCOC(=O)NC(=O)CN(CC)CC(=O)N[C@@H](C)c1cccc2ccccc12. The number of imide groups is 1. The molecule has 2 N–H and O–H groups in total. The van der Waals surface area contributed by atoms with Gasteiger partial charge in [-0.1, -0.05) is 49.4 Å². The van der Waals surface area contributed by atoms with Gasteiger partial charge in [-0.3, -0.25) is 19.8 Å². The van der Waals surface area contributed by atoms with Gasteiger partial charge in [0.2, 0.25) is 11.8 Å². The van der Waals surface area contributed by atoms with E-state index in [1.54, 1.807) is 11.8 Å². The van der Waals surface area contributed by atoms with Gasteiger partial charge in [0.25, 0.3) is 0 Å². The molecule has 0 bridgehead atoms. The Balaban J connectivity index is 1.94. The molecule has 7 heteroatoms. The van der Waals surface area contributed by atoms with Crippen LogP contribution in [0.15, 0.2) is 42.5 Å². The van der Waals surface area contributed by atoms with Crippen LogP contribution in [0.1, 0.15) is 32.4 Å². The summed E-state index contributed by atoms with van der Waals surface area (Å²) < 4.78 is 4.68. The number of carbonyl (C=O) groups is 3. The lowest BCUT2D eigenvalue weighted by Gasteiger charge is -2.21. The highest BCUT2D eigenvalue weighted by Gasteiger charge is 2.17. The van der Waals surface area contributed by atoms with Crippen LogP contribution >= 0.6 is 0 Å². The van der Waals surface area contributed by atoms with E-state index in [1.165, 1.54) is 0 Å². The molecule has 28 heavy (non-hydrogen) atoms. The molecule has 2 aromatic carbocycles. The van der Waals surface area contributed by atoms with E-state index >= 15 is 0 Å². The van der Waals surface area contributed by atoms with Gasteiger partial charge >= 0.3 is 6.09 Å². The summed E-state index contributed by atoms with van der Waals surface area (Å²) in [5.41, 5.74) is 1.04. The number of nitrogens with zero attached hydrogens (tertiary/aromatic N) is 1. The summed E-state index contributed by atoms with van der Waals surface area (Å²) in [6.45, 7) is 6.11. The highest BCUT2D eigenvalue weighted by Crippen LogP contribution is 2.23. The largest absolute Gasteiger partial charge is 0.450 e. The third-order valence-electron chi connectivity index (χ3n) is 4.37. The van der Waals surface area contributed by atoms with Crippen LogP contribution in [-0.4, -0.2) is 49.0 Å². The number of nitrogens with one attached hydrogen (secondary N) is 2. The van der Waals surface area contributed by atoms with Crippen LogP contribution in [0.4, 0.5) is 4.79 Å². The second-order valence-electron chi connectivity index (χ2n) is 6.43. The first-order valence-corrected chi connectivity index (χ1v) is 9.40. The van der Waals surface area contributed by atoms with Crippen molar-refractivity contribution in [3.8, 4) is 0 Å². The Labute approximate surface area is 165 Å². The van der Waals surface area contributed by atoms with Crippen molar-refractivity contribution >= 4 is 28.7 Å². The molecular weight excluding hydrogens is 358 g/mol. The van der Waals surface area contributed by atoms with Gasteiger partial charge in [-0.2, -0.15) is 0 Å². The van der Waals surface area contributed by atoms with Gasteiger partial charge in [0, 0.05) is 0 Å². The highest BCUT2D eigenvalue weighted by molar-refractivity contribution is 5.93. The number of benzene rings is 2. The number of likely N-dealkylation sites (N-methyl/N-ethyl adjacent to an activating group) is 1. The molecule has 3 amide bonds. The average molecular weight is 385 g/mol. The van der Waals surface area contributed by atoms with Gasteiger partial charge in [-0.05, 0) is 36.7 Å². The van der Waals surface area contributed by atoms with Gasteiger partial charge in [0.15, 0.2) is 0 Å². The Hall–Kier alpha value is -2.93. The number of fused-ring (bicyclic) bond motifs is 1. The molecule has 0 spiro atoms. The van der Waals surface area contributed by atoms with Gasteiger partial charge in [-0.25, -0.2) is 4.79 Å². The van der Waals surface area contributed by atoms with Crippen molar-refractivity contribution in [2.24, 2.45) is 0 Å². The topological polar surface area (TPSA) is 87.7 Å². The van der Waals surface area contributed by atoms with Gasteiger partial charge < -0.3 is 10.1 Å². The van der Waals surface area contributed by atoms with E-state index in [0.717, 1.165) is 16.3 Å². The molecule has 0 radical (unpaired) electrons. The summed E-state index contributed by atoms with van der Waals surface area (Å²) >= 11 is 0. The van der Waals surface area contributed by atoms with Crippen LogP contribution in [0.2, 0.25) is 0 Å². The summed E-state index contributed by atoms with van der Waals surface area (Å²) in [5.74, 6) is -0.693. The highest BCUT2D eigenvalue weighted by atomic mass is 16.5. The monoisotopic (exact) mass is 385 g/mol. The smallest absolute Gasteiger partial charge is 0.413 e. The Kier molecular flexibility index (Phi) is 7.95. The third-order valence-corrected chi connectivity index (χ3v) is 4.37. The molecule has 2 rings (SSSR count). The number of alkyl carbamates (subject to hydrolysis) is 1. The quantitative estimate of drug-likeness (QED) is 0.729. The zero-order valence-corrected chi connectivity index (χ0v) is 16.5. The summed E-state index contributed by atoms with van der Waals surface area (Å²) in [4.78, 5) is 37.3. The molecule has 0 heterocycles. The normalized spacial score (nSPS) is 11.9. The number of amides is 3. The third kappa shape index (κ3) is 6.06. The van der Waals surface area contributed by atoms with Crippen molar-refractivity contribution in [1.82, 2.24) is 15.5 Å². The van der Waals surface area contributed by atoms with Crippen molar-refractivity contribution in [2.75, 3.05) is 26.2 Å². The lowest BCUT2D eigenvalue weighted by atomic mass is 10.00. The van der Waals surface area contributed by atoms with E-state index in [1.807, 2.05) is 56.3 Å². The van der Waals surface area contributed by atoms with Crippen molar-refractivity contribution in [1.29, 1.82) is 0 Å². The Morgan fingerprint density at radius 1 is 1.00 bits per heavy atom. The molecule has 0 saturated carbocycles. The molecule has 0 unspecified atom stereocenters. The molecule has 0 aliphatic rings. The molecule has 2 aromatic rings. The maximum atomic E-state index is 12.5. The number of rotatable bonds is 8. The molecule has 7 nitrogen and oxygen atoms in total. The summed E-state index contributed by atoms with van der Waals surface area (Å²) in [6.07, 6.45) is -0.780. The summed E-state index contributed by atoms with van der Waals surface area (Å²) in [7, 11) is 0. The van der Waals surface area contributed by atoms with E-state index in [9.17, 15) is 14.4 Å². The van der Waals surface area contributed by atoms with Crippen molar-refractivity contribution < 1.29 is 19.1 Å². The minimum Gasteiger partial charge on any atom is -0.450 e. The fourth-order valence-corrected chi connectivity index (χ4v) is 3.00. The van der Waals surface area contributed by atoms with E-state index in [-0.39, 0.29) is 31.6 Å². The fraction of sp³-hybridized carbons (Fsp3) is 0.381. The summed E-state index contributed by atoms with van der Waals surface area (Å²) in [6, 6.07) is 13.9. The van der Waals surface area contributed by atoms with Crippen LogP contribution in [0, 0.1) is 0 Å². The number of ether oxygens (including phenoxy) is 1. The molecule has 0 aliphatic carbocycles. The molecule has 0 aromatic heterocycles. The van der Waals surface area contributed by atoms with Gasteiger partial charge in [0.1, 0.15) is 0 Å². The Bertz CT molecular complexity index is 832. The molecule has 1 atom stereocenters. The predicted molar refractivity (Wildman–Crippen MR) is 108 cm³/mol. The van der Waals surface area contributed by atoms with Crippen LogP contribution in [0.3, 0.4) is 0 Å². The number of hydrogen-bond donors (Lipinski definition) is 2. The van der Waals surface area contributed by atoms with Gasteiger partial charge in [-0.15, -0.1) is 0 Å². The maximum absolute atomic E-state index is 12.5. The van der Waals surface area contributed by atoms with Crippen molar-refractivity contribution in [3.63, 3.8) is 0 Å². The maximum Gasteiger partial charge on any atom is 0.413 e. The molecule has 0 saturated heterocycles. The minimum absolute atomic E-state index is 0.0574. The standard InChI is InChI=1S/C21H27N3O4/c1-4-24(14-20(26)23-21(27)28-5-2)13-19(25)22-15(3)17-12-8-10-16-9-6-7-11-18(16)17/h6-12,15H,4-5,13-14H2,1-3H3,(H,22,25)(H,23,26,27)/t15-/m0/s1. The average Bonchev–Trinajstić information content (AvgIpc) is 2.66. The lowest BCUT2D eigenvalue weighted by molar-refractivity contribution is -0.125. The zero-order valence-electron chi connectivity index (χ0n) is 16.5. The molecule has 0 fully saturated rings. The Morgan fingerprint density at radius 2 is 1.68 bits per heavy atom. The van der Waals surface area contributed by atoms with E-state index in [2.05, 4.69) is 15.4 Å². The van der Waals surface area contributed by atoms with E-state index in [4.69, 9.17) is 0 Å². The van der Waals surface area contributed by atoms with Crippen LogP contribution < -0.4 is 10.6 Å². The van der Waals surface area contributed by atoms with E-state index < -0.39 is 12.0 Å². The Morgan fingerprint density at radius 3 is 2.39 bits per heavy atom. The molecule has 150 valence electrons. The van der Waals surface area contributed by atoms with Crippen LogP contribution in [0.5, 0.6) is 0 Å². The second-order valence-corrected chi connectivity index (χ2v) is 6.43. The number of hydrogen-bond acceptors (Lipinski definition) is 5. The van der Waals surface area contributed by atoms with Crippen molar-refractivity contribution in [2.45, 2.75) is 26.8 Å². The summed E-state index contributed by atoms with van der Waals surface area (Å²) in [5, 5.41) is 7.33. The first kappa shape index (κ1) is 21.4. The van der Waals surface area contributed by atoms with Crippen LogP contribution in [0.25, 0.3) is 10.8 Å². The first-order chi connectivity index (χ1) is 13.4. The van der Waals surface area contributed by atoms with Gasteiger partial charge in [0.05, 0.1) is 25.7 Å². The fourth-order valence-electron chi connectivity index (χ4n) is 3.00. The number of carbonyl (C=O) groups excluding carboxylic acids is 3. The lowest BCUT2D eigenvalue weighted by Crippen LogP contribution is -2.44.